The highest BCUT2D eigenvalue weighted by Crippen LogP contribution is 2.44. The first-order valence-corrected chi connectivity index (χ1v) is 9.37. The smallest absolute Gasteiger partial charge is 0.408 e. The van der Waals surface area contributed by atoms with Gasteiger partial charge in [0, 0.05) is 11.5 Å². The number of rotatable bonds is 5. The van der Waals surface area contributed by atoms with Crippen molar-refractivity contribution in [2.24, 2.45) is 0 Å². The number of para-hydroxylation sites is 1. The van der Waals surface area contributed by atoms with Gasteiger partial charge < -0.3 is 14.8 Å². The lowest BCUT2D eigenvalue weighted by atomic mass is 9.98. The molecule has 0 spiro atoms. The minimum absolute atomic E-state index is 0.0278. The van der Waals surface area contributed by atoms with Gasteiger partial charge in [0.05, 0.1) is 13.2 Å². The van der Waals surface area contributed by atoms with Crippen LogP contribution >= 0.6 is 0 Å². The Morgan fingerprint density at radius 3 is 2.21 bits per heavy atom. The van der Waals surface area contributed by atoms with E-state index in [1.165, 1.54) is 18.2 Å². The van der Waals surface area contributed by atoms with Crippen LogP contribution in [0.15, 0.2) is 72.8 Å². The first-order chi connectivity index (χ1) is 14.2. The van der Waals surface area contributed by atoms with Crippen molar-refractivity contribution < 1.29 is 14.3 Å². The van der Waals surface area contributed by atoms with Crippen LogP contribution < -0.4 is 10.1 Å². The van der Waals surface area contributed by atoms with Crippen LogP contribution in [0.5, 0.6) is 5.75 Å². The van der Waals surface area contributed by atoms with Crippen molar-refractivity contribution in [2.75, 3.05) is 13.7 Å². The molecule has 1 aliphatic carbocycles. The third-order valence-corrected chi connectivity index (χ3v) is 5.18. The molecule has 3 aromatic rings. The van der Waals surface area contributed by atoms with Crippen LogP contribution in [0.2, 0.25) is 0 Å². The fourth-order valence-corrected chi connectivity index (χ4v) is 3.84. The zero-order valence-corrected chi connectivity index (χ0v) is 16.0. The molecule has 144 valence electrons. The second-order valence-electron chi connectivity index (χ2n) is 6.77. The number of nitriles is 1. The Labute approximate surface area is 169 Å². The molecule has 0 heterocycles. The predicted octanol–water partition coefficient (Wildman–Crippen LogP) is 4.80. The summed E-state index contributed by atoms with van der Waals surface area (Å²) in [5.74, 6) is 0.512. The molecule has 1 aliphatic rings. The Hall–Kier alpha value is -3.78. The van der Waals surface area contributed by atoms with E-state index in [4.69, 9.17) is 9.47 Å². The minimum atomic E-state index is -0.859. The number of hydrogen-bond donors (Lipinski definition) is 1. The summed E-state index contributed by atoms with van der Waals surface area (Å²) in [7, 11) is 1.53. The van der Waals surface area contributed by atoms with E-state index in [9.17, 15) is 10.1 Å². The fraction of sp³-hybridized carbons (Fsp3) is 0.167. The summed E-state index contributed by atoms with van der Waals surface area (Å²) < 4.78 is 10.8. The predicted molar refractivity (Wildman–Crippen MR) is 110 cm³/mol. The number of fused-ring (bicyclic) bond motifs is 3. The number of carbonyl (C=O) groups is 1. The molecule has 0 fully saturated rings. The summed E-state index contributed by atoms with van der Waals surface area (Å²) in [4.78, 5) is 12.4. The highest BCUT2D eigenvalue weighted by Gasteiger charge is 2.29. The number of amides is 1. The maximum atomic E-state index is 12.4. The summed E-state index contributed by atoms with van der Waals surface area (Å²) in [5.41, 5.74) is 5.21. The Bertz CT molecular complexity index is 1040. The van der Waals surface area contributed by atoms with E-state index in [-0.39, 0.29) is 12.5 Å². The van der Waals surface area contributed by atoms with Gasteiger partial charge in [0.1, 0.15) is 18.4 Å². The molecule has 1 amide bonds. The van der Waals surface area contributed by atoms with Crippen LogP contribution in [0.1, 0.15) is 28.7 Å². The molecule has 3 aromatic carbocycles. The third kappa shape index (κ3) is 3.53. The molecule has 1 N–H and O–H groups in total. The van der Waals surface area contributed by atoms with E-state index in [2.05, 4.69) is 35.7 Å². The molecule has 4 rings (SSSR count). The highest BCUT2D eigenvalue weighted by atomic mass is 16.5. The second-order valence-corrected chi connectivity index (χ2v) is 6.77. The lowest BCUT2D eigenvalue weighted by molar-refractivity contribution is 0.141. The summed E-state index contributed by atoms with van der Waals surface area (Å²) in [6.07, 6.45) is -0.635. The number of methoxy groups -OCH3 is 1. The molecular formula is C24H20N2O3. The maximum Gasteiger partial charge on any atom is 0.408 e. The molecule has 0 bridgehead atoms. The Balaban J connectivity index is 1.48. The van der Waals surface area contributed by atoms with Gasteiger partial charge >= 0.3 is 6.09 Å². The molecule has 5 heteroatoms. The third-order valence-electron chi connectivity index (χ3n) is 5.18. The zero-order valence-electron chi connectivity index (χ0n) is 16.0. The van der Waals surface area contributed by atoms with Crippen molar-refractivity contribution in [3.8, 4) is 22.9 Å². The normalized spacial score (nSPS) is 13.0. The molecule has 1 atom stereocenters. The summed E-state index contributed by atoms with van der Waals surface area (Å²) in [6.45, 7) is 0.198. The van der Waals surface area contributed by atoms with E-state index in [0.717, 1.165) is 11.1 Å². The van der Waals surface area contributed by atoms with Crippen molar-refractivity contribution in [1.29, 1.82) is 5.26 Å². The van der Waals surface area contributed by atoms with Gasteiger partial charge in [-0.05, 0) is 28.3 Å². The topological polar surface area (TPSA) is 71.3 Å². The molecule has 0 saturated carbocycles. The number of ether oxygens (including phenoxy) is 2. The van der Waals surface area contributed by atoms with E-state index in [1.54, 1.807) is 18.2 Å². The van der Waals surface area contributed by atoms with Crippen LogP contribution in [-0.4, -0.2) is 19.8 Å². The lowest BCUT2D eigenvalue weighted by Gasteiger charge is -2.17. The van der Waals surface area contributed by atoms with Crippen LogP contribution in [0, 0.1) is 11.3 Å². The summed E-state index contributed by atoms with van der Waals surface area (Å²) in [5, 5.41) is 12.1. The van der Waals surface area contributed by atoms with Gasteiger partial charge in [-0.25, -0.2) is 4.79 Å². The molecule has 29 heavy (non-hydrogen) atoms. The number of nitrogens with zero attached hydrogens (tertiary/aromatic N) is 1. The maximum absolute atomic E-state index is 12.4. The Morgan fingerprint density at radius 1 is 1.00 bits per heavy atom. The molecule has 0 aliphatic heterocycles. The Kier molecular flexibility index (Phi) is 5.17. The lowest BCUT2D eigenvalue weighted by Crippen LogP contribution is -2.29. The summed E-state index contributed by atoms with van der Waals surface area (Å²) in [6, 6.07) is 24.6. The fourth-order valence-electron chi connectivity index (χ4n) is 3.84. The quantitative estimate of drug-likeness (QED) is 0.686. The van der Waals surface area contributed by atoms with Crippen LogP contribution in [0.3, 0.4) is 0 Å². The molecule has 0 radical (unpaired) electrons. The van der Waals surface area contributed by atoms with E-state index in [0.29, 0.717) is 11.3 Å². The van der Waals surface area contributed by atoms with E-state index >= 15 is 0 Å². The second kappa shape index (κ2) is 8.07. The van der Waals surface area contributed by atoms with Crippen molar-refractivity contribution in [1.82, 2.24) is 5.32 Å². The number of nitrogens with one attached hydrogen (secondary N) is 1. The van der Waals surface area contributed by atoms with Gasteiger partial charge in [-0.1, -0.05) is 66.7 Å². The molecule has 0 aromatic heterocycles. The number of hydrogen-bond acceptors (Lipinski definition) is 4. The minimum Gasteiger partial charge on any atom is -0.496 e. The van der Waals surface area contributed by atoms with Crippen molar-refractivity contribution in [2.45, 2.75) is 12.0 Å². The number of alkyl carbamates (subject to hydrolysis) is 1. The first-order valence-electron chi connectivity index (χ1n) is 9.37. The number of benzene rings is 3. The molecule has 5 nitrogen and oxygen atoms in total. The number of carbonyl (C=O) groups excluding carboxylic acids is 1. The van der Waals surface area contributed by atoms with Crippen molar-refractivity contribution in [3.63, 3.8) is 0 Å². The van der Waals surface area contributed by atoms with Gasteiger partial charge in [-0.2, -0.15) is 5.26 Å². The SMILES string of the molecule is COc1ccccc1C(C#N)NC(=O)OCC1c2ccccc2-c2ccccc21. The Morgan fingerprint density at radius 2 is 1.59 bits per heavy atom. The van der Waals surface area contributed by atoms with Crippen LogP contribution in [0.25, 0.3) is 11.1 Å². The van der Waals surface area contributed by atoms with Crippen LogP contribution in [-0.2, 0) is 4.74 Å². The standard InChI is InChI=1S/C24H20N2O3/c1-28-23-13-7-6-12-20(23)22(14-25)26-24(27)29-15-21-18-10-4-2-8-16(18)17-9-3-5-11-19(17)21/h2-13,21-22H,15H2,1H3,(H,26,27). The van der Waals surface area contributed by atoms with Gasteiger partial charge in [0.25, 0.3) is 0 Å². The van der Waals surface area contributed by atoms with E-state index < -0.39 is 12.1 Å². The van der Waals surface area contributed by atoms with Crippen molar-refractivity contribution in [3.05, 3.63) is 89.5 Å². The zero-order chi connectivity index (χ0) is 20.2. The van der Waals surface area contributed by atoms with Gasteiger partial charge in [-0.15, -0.1) is 0 Å². The highest BCUT2D eigenvalue weighted by molar-refractivity contribution is 5.79. The average molecular weight is 384 g/mol. The summed E-state index contributed by atoms with van der Waals surface area (Å²) >= 11 is 0. The van der Waals surface area contributed by atoms with Crippen LogP contribution in [0.4, 0.5) is 4.79 Å². The van der Waals surface area contributed by atoms with Gasteiger partial charge in [0.2, 0.25) is 0 Å². The average Bonchev–Trinajstić information content (AvgIpc) is 3.10. The van der Waals surface area contributed by atoms with E-state index in [1.807, 2.05) is 30.3 Å². The molecule has 1 unspecified atom stereocenters. The van der Waals surface area contributed by atoms with Crippen molar-refractivity contribution >= 4 is 6.09 Å². The van der Waals surface area contributed by atoms with Gasteiger partial charge in [-0.3, -0.25) is 0 Å². The molecular weight excluding hydrogens is 364 g/mol. The molecule has 0 saturated heterocycles. The first kappa shape index (κ1) is 18.6. The largest absolute Gasteiger partial charge is 0.496 e. The monoisotopic (exact) mass is 384 g/mol. The van der Waals surface area contributed by atoms with Gasteiger partial charge in [0.15, 0.2) is 0 Å².